The molecule has 4 N–H and O–H groups in total. The van der Waals surface area contributed by atoms with Gasteiger partial charge in [-0.1, -0.05) is 6.07 Å². The van der Waals surface area contributed by atoms with E-state index in [9.17, 15) is 19.2 Å². The number of nitrogens with two attached hydrogens (primary N) is 1. The largest absolute Gasteiger partial charge is 0.398 e. The first-order valence-corrected chi connectivity index (χ1v) is 6.32. The Labute approximate surface area is 119 Å². The first-order chi connectivity index (χ1) is 10.0. The van der Waals surface area contributed by atoms with Crippen LogP contribution in [0, 0.1) is 0 Å². The third kappa shape index (κ3) is 1.96. The SMILES string of the molecule is Nc1cccc2c1C(=O)N(C(=O)C1CNC(=O)CN1)C2=O. The summed E-state index contributed by atoms with van der Waals surface area (Å²) in [5.74, 6) is -2.35. The standard InChI is InChI=1S/C13H12N4O4/c14-7-3-1-2-6-10(7)13(21)17(11(6)19)12(20)8-4-16-9(18)5-15-8/h1-3,8,15H,4-5,14H2,(H,16,18). The van der Waals surface area contributed by atoms with Crippen LogP contribution in [0.5, 0.6) is 0 Å². The van der Waals surface area contributed by atoms with Gasteiger partial charge in [-0.2, -0.15) is 0 Å². The van der Waals surface area contributed by atoms with Crippen molar-refractivity contribution in [3.8, 4) is 0 Å². The van der Waals surface area contributed by atoms with Crippen molar-refractivity contribution < 1.29 is 19.2 Å². The van der Waals surface area contributed by atoms with E-state index < -0.39 is 23.8 Å². The maximum absolute atomic E-state index is 12.3. The second-order valence-electron chi connectivity index (χ2n) is 4.79. The summed E-state index contributed by atoms with van der Waals surface area (Å²) in [6.07, 6.45) is 0. The average Bonchev–Trinajstić information content (AvgIpc) is 2.72. The van der Waals surface area contributed by atoms with Crippen molar-refractivity contribution in [1.29, 1.82) is 0 Å². The molecule has 0 spiro atoms. The Morgan fingerprint density at radius 1 is 1.24 bits per heavy atom. The van der Waals surface area contributed by atoms with Gasteiger partial charge in [-0.05, 0) is 12.1 Å². The van der Waals surface area contributed by atoms with Crippen LogP contribution in [-0.4, -0.2) is 47.7 Å². The number of rotatable bonds is 1. The zero-order valence-electron chi connectivity index (χ0n) is 10.9. The van der Waals surface area contributed by atoms with Gasteiger partial charge in [0.25, 0.3) is 17.7 Å². The van der Waals surface area contributed by atoms with Gasteiger partial charge in [0.15, 0.2) is 0 Å². The Kier molecular flexibility index (Phi) is 2.95. The average molecular weight is 288 g/mol. The summed E-state index contributed by atoms with van der Waals surface area (Å²) in [4.78, 5) is 48.5. The number of benzene rings is 1. The topological polar surface area (TPSA) is 122 Å². The van der Waals surface area contributed by atoms with E-state index in [1.165, 1.54) is 12.1 Å². The Morgan fingerprint density at radius 2 is 2.00 bits per heavy atom. The number of hydrogen-bond donors (Lipinski definition) is 3. The highest BCUT2D eigenvalue weighted by atomic mass is 16.2. The molecule has 108 valence electrons. The second kappa shape index (κ2) is 4.67. The van der Waals surface area contributed by atoms with Crippen molar-refractivity contribution in [1.82, 2.24) is 15.5 Å². The monoisotopic (exact) mass is 288 g/mol. The smallest absolute Gasteiger partial charge is 0.270 e. The number of imide groups is 3. The van der Waals surface area contributed by atoms with Crippen LogP contribution >= 0.6 is 0 Å². The minimum absolute atomic E-state index is 0.0283. The number of hydrogen-bond acceptors (Lipinski definition) is 6. The number of amides is 4. The zero-order valence-corrected chi connectivity index (χ0v) is 10.9. The highest BCUT2D eigenvalue weighted by Gasteiger charge is 2.43. The summed E-state index contributed by atoms with van der Waals surface area (Å²) in [7, 11) is 0. The van der Waals surface area contributed by atoms with Gasteiger partial charge in [-0.25, -0.2) is 4.90 Å². The summed E-state index contributed by atoms with van der Waals surface area (Å²) in [6, 6.07) is 3.69. The molecule has 1 saturated heterocycles. The Bertz CT molecular complexity index is 675. The van der Waals surface area contributed by atoms with Gasteiger partial charge in [0.05, 0.1) is 17.7 Å². The molecule has 21 heavy (non-hydrogen) atoms. The van der Waals surface area contributed by atoms with Gasteiger partial charge in [-0.15, -0.1) is 0 Å². The maximum Gasteiger partial charge on any atom is 0.270 e. The number of nitrogens with zero attached hydrogens (tertiary/aromatic N) is 1. The number of anilines is 1. The lowest BCUT2D eigenvalue weighted by atomic mass is 10.1. The summed E-state index contributed by atoms with van der Waals surface area (Å²) < 4.78 is 0. The number of fused-ring (bicyclic) bond motifs is 1. The lowest BCUT2D eigenvalue weighted by Crippen LogP contribution is -2.59. The fourth-order valence-corrected chi connectivity index (χ4v) is 2.41. The number of piperazine rings is 1. The third-order valence-electron chi connectivity index (χ3n) is 3.48. The molecule has 3 rings (SSSR count). The molecule has 0 aromatic heterocycles. The molecule has 1 fully saturated rings. The molecule has 2 aliphatic rings. The molecule has 0 aliphatic carbocycles. The van der Waals surface area contributed by atoms with E-state index in [1.807, 2.05) is 0 Å². The van der Waals surface area contributed by atoms with E-state index in [0.717, 1.165) is 0 Å². The molecule has 1 aromatic rings. The number of carbonyl (C=O) groups is 4. The van der Waals surface area contributed by atoms with Crippen molar-refractivity contribution >= 4 is 29.3 Å². The quantitative estimate of drug-likeness (QED) is 0.426. The summed E-state index contributed by atoms with van der Waals surface area (Å²) >= 11 is 0. The molecule has 1 atom stereocenters. The van der Waals surface area contributed by atoms with E-state index in [1.54, 1.807) is 6.07 Å². The molecule has 8 nitrogen and oxygen atoms in total. The molecule has 0 bridgehead atoms. The molecule has 1 aromatic carbocycles. The number of nitrogen functional groups attached to an aromatic ring is 1. The van der Waals surface area contributed by atoms with E-state index in [-0.39, 0.29) is 35.8 Å². The molecule has 2 heterocycles. The molecular weight excluding hydrogens is 276 g/mol. The van der Waals surface area contributed by atoms with Crippen LogP contribution < -0.4 is 16.4 Å². The fraction of sp³-hybridized carbons (Fsp3) is 0.231. The van der Waals surface area contributed by atoms with E-state index in [4.69, 9.17) is 5.73 Å². The predicted octanol–water partition coefficient (Wildman–Crippen LogP) is -1.52. The van der Waals surface area contributed by atoms with Crippen molar-refractivity contribution in [3.05, 3.63) is 29.3 Å². The van der Waals surface area contributed by atoms with Crippen LogP contribution in [0.2, 0.25) is 0 Å². The van der Waals surface area contributed by atoms with Crippen LogP contribution in [0.4, 0.5) is 5.69 Å². The van der Waals surface area contributed by atoms with E-state index in [0.29, 0.717) is 4.90 Å². The van der Waals surface area contributed by atoms with Gasteiger partial charge < -0.3 is 11.1 Å². The number of carbonyl (C=O) groups excluding carboxylic acids is 4. The third-order valence-corrected chi connectivity index (χ3v) is 3.48. The van der Waals surface area contributed by atoms with Gasteiger partial charge in [0.1, 0.15) is 6.04 Å². The van der Waals surface area contributed by atoms with Crippen LogP contribution in [-0.2, 0) is 9.59 Å². The van der Waals surface area contributed by atoms with Gasteiger partial charge >= 0.3 is 0 Å². The molecule has 8 heteroatoms. The summed E-state index contributed by atoms with van der Waals surface area (Å²) in [5, 5.41) is 5.19. The highest BCUT2D eigenvalue weighted by molar-refractivity contribution is 6.31. The molecule has 1 unspecified atom stereocenters. The normalized spacial score (nSPS) is 21.2. The number of nitrogens with one attached hydrogen (secondary N) is 2. The van der Waals surface area contributed by atoms with Crippen LogP contribution in [0.25, 0.3) is 0 Å². The Morgan fingerprint density at radius 3 is 2.62 bits per heavy atom. The van der Waals surface area contributed by atoms with Crippen LogP contribution in [0.3, 0.4) is 0 Å². The lowest BCUT2D eigenvalue weighted by Gasteiger charge is -2.25. The van der Waals surface area contributed by atoms with Crippen LogP contribution in [0.15, 0.2) is 18.2 Å². The molecule has 4 amide bonds. The fourth-order valence-electron chi connectivity index (χ4n) is 2.41. The minimum atomic E-state index is -0.814. The Hall–Kier alpha value is -2.74. The Balaban J connectivity index is 1.89. The van der Waals surface area contributed by atoms with Crippen molar-refractivity contribution in [2.24, 2.45) is 0 Å². The van der Waals surface area contributed by atoms with Gasteiger partial charge in [0, 0.05) is 12.2 Å². The second-order valence-corrected chi connectivity index (χ2v) is 4.79. The van der Waals surface area contributed by atoms with Crippen LogP contribution in [0.1, 0.15) is 20.7 Å². The zero-order chi connectivity index (χ0) is 15.1. The molecule has 2 aliphatic heterocycles. The van der Waals surface area contributed by atoms with Crippen molar-refractivity contribution in [2.75, 3.05) is 18.8 Å². The highest BCUT2D eigenvalue weighted by Crippen LogP contribution is 2.28. The molecule has 0 saturated carbocycles. The van der Waals surface area contributed by atoms with Crippen molar-refractivity contribution in [3.63, 3.8) is 0 Å². The van der Waals surface area contributed by atoms with E-state index in [2.05, 4.69) is 10.6 Å². The van der Waals surface area contributed by atoms with Gasteiger partial charge in [-0.3, -0.25) is 24.5 Å². The maximum atomic E-state index is 12.3. The summed E-state index contributed by atoms with van der Waals surface area (Å²) in [6.45, 7) is -0.0116. The lowest BCUT2D eigenvalue weighted by molar-refractivity contribution is -0.130. The molecular formula is C13H12N4O4. The first-order valence-electron chi connectivity index (χ1n) is 6.32. The predicted molar refractivity (Wildman–Crippen MR) is 71.2 cm³/mol. The van der Waals surface area contributed by atoms with E-state index >= 15 is 0 Å². The minimum Gasteiger partial charge on any atom is -0.398 e. The first kappa shape index (κ1) is 13.3. The summed E-state index contributed by atoms with van der Waals surface area (Å²) in [5.41, 5.74) is 6.03. The van der Waals surface area contributed by atoms with Crippen molar-refractivity contribution in [2.45, 2.75) is 6.04 Å². The molecule has 0 radical (unpaired) electrons. The van der Waals surface area contributed by atoms with Gasteiger partial charge in [0.2, 0.25) is 5.91 Å².